The van der Waals surface area contributed by atoms with Crippen LogP contribution < -0.4 is 0 Å². The lowest BCUT2D eigenvalue weighted by Gasteiger charge is -2.48. The summed E-state index contributed by atoms with van der Waals surface area (Å²) in [4.78, 5) is 22.0. The summed E-state index contributed by atoms with van der Waals surface area (Å²) in [5.41, 5.74) is 1.44. The molecule has 3 atom stereocenters. The zero-order valence-corrected chi connectivity index (χ0v) is 13.3. The summed E-state index contributed by atoms with van der Waals surface area (Å²) in [5, 5.41) is 0. The number of aromatic amines is 1. The minimum Gasteiger partial charge on any atom is -0.341 e. The first-order valence-electron chi connectivity index (χ1n) is 8.70. The van der Waals surface area contributed by atoms with Crippen LogP contribution in [0.25, 0.3) is 0 Å². The van der Waals surface area contributed by atoms with E-state index in [9.17, 15) is 4.79 Å². The first-order valence-corrected chi connectivity index (χ1v) is 8.70. The van der Waals surface area contributed by atoms with E-state index in [2.05, 4.69) is 45.2 Å². The fourth-order valence-electron chi connectivity index (χ4n) is 4.54. The molecule has 2 aliphatic rings. The molecule has 1 saturated carbocycles. The molecule has 1 N–H and O–H groups in total. The maximum absolute atomic E-state index is 12.8. The average molecular weight is 309 g/mol. The van der Waals surface area contributed by atoms with Crippen molar-refractivity contribution in [2.45, 2.75) is 44.1 Å². The van der Waals surface area contributed by atoms with Gasteiger partial charge in [0.1, 0.15) is 0 Å². The van der Waals surface area contributed by atoms with Crippen molar-refractivity contribution in [1.29, 1.82) is 0 Å². The van der Waals surface area contributed by atoms with E-state index in [0.29, 0.717) is 23.7 Å². The first-order chi connectivity index (χ1) is 11.3. The lowest BCUT2D eigenvalue weighted by molar-refractivity contribution is 0.0309. The largest absolute Gasteiger partial charge is 0.341 e. The molecule has 0 radical (unpaired) electrons. The number of likely N-dealkylation sites (tertiary alicyclic amines) is 1. The van der Waals surface area contributed by atoms with Crippen LogP contribution in [0.5, 0.6) is 0 Å². The second kappa shape index (κ2) is 6.19. The number of imidazole rings is 1. The third kappa shape index (κ3) is 2.67. The van der Waals surface area contributed by atoms with Gasteiger partial charge in [-0.1, -0.05) is 43.2 Å². The van der Waals surface area contributed by atoms with Crippen LogP contribution in [0, 0.1) is 5.92 Å². The zero-order chi connectivity index (χ0) is 15.6. The number of hydrogen-bond donors (Lipinski definition) is 1. The minimum atomic E-state index is 0.0680. The van der Waals surface area contributed by atoms with Crippen LogP contribution in [0.4, 0.5) is 0 Å². The molecule has 2 fully saturated rings. The van der Waals surface area contributed by atoms with E-state index >= 15 is 0 Å². The molecule has 4 rings (SSSR count). The molecule has 1 aromatic heterocycles. The van der Waals surface area contributed by atoms with Gasteiger partial charge in [-0.05, 0) is 36.7 Å². The number of aromatic nitrogens is 2. The highest BCUT2D eigenvalue weighted by Gasteiger charge is 2.42. The topological polar surface area (TPSA) is 49.0 Å². The van der Waals surface area contributed by atoms with Gasteiger partial charge in [0.15, 0.2) is 5.82 Å². The highest BCUT2D eigenvalue weighted by Crippen LogP contribution is 2.44. The number of carbonyl (C=O) groups excluding carboxylic acids is 1. The number of amides is 1. The Hall–Kier alpha value is -2.10. The first kappa shape index (κ1) is 14.5. The summed E-state index contributed by atoms with van der Waals surface area (Å²) >= 11 is 0. The molecule has 1 aliphatic heterocycles. The second-order valence-corrected chi connectivity index (χ2v) is 6.76. The number of hydrogen-bond acceptors (Lipinski definition) is 2. The van der Waals surface area contributed by atoms with Crippen molar-refractivity contribution in [3.63, 3.8) is 0 Å². The minimum absolute atomic E-state index is 0.0680. The molecule has 0 bridgehead atoms. The van der Waals surface area contributed by atoms with E-state index in [1.807, 2.05) is 0 Å². The number of H-pyrrole nitrogens is 1. The molecule has 1 amide bonds. The van der Waals surface area contributed by atoms with Crippen molar-refractivity contribution in [2.24, 2.45) is 5.92 Å². The normalized spacial score (nSPS) is 27.5. The van der Waals surface area contributed by atoms with Gasteiger partial charge < -0.3 is 9.88 Å². The lowest BCUT2D eigenvalue weighted by Crippen LogP contribution is -2.52. The fraction of sp³-hybridized carbons (Fsp3) is 0.474. The molecule has 2 heterocycles. The van der Waals surface area contributed by atoms with Crippen LogP contribution in [-0.2, 0) is 0 Å². The molecule has 4 nitrogen and oxygen atoms in total. The highest BCUT2D eigenvalue weighted by atomic mass is 16.2. The molecule has 120 valence electrons. The van der Waals surface area contributed by atoms with Crippen LogP contribution in [0.1, 0.15) is 54.2 Å². The van der Waals surface area contributed by atoms with Gasteiger partial charge in [-0.2, -0.15) is 0 Å². The van der Waals surface area contributed by atoms with Gasteiger partial charge in [-0.3, -0.25) is 4.79 Å². The van der Waals surface area contributed by atoms with Crippen molar-refractivity contribution >= 4 is 5.91 Å². The molecular weight excluding hydrogens is 286 g/mol. The van der Waals surface area contributed by atoms with E-state index in [1.54, 1.807) is 12.4 Å². The third-order valence-electron chi connectivity index (χ3n) is 5.57. The monoisotopic (exact) mass is 309 g/mol. The molecule has 1 saturated heterocycles. The second-order valence-electron chi connectivity index (χ2n) is 6.76. The van der Waals surface area contributed by atoms with Crippen LogP contribution in [0.3, 0.4) is 0 Å². The third-order valence-corrected chi connectivity index (χ3v) is 5.57. The Morgan fingerprint density at radius 3 is 2.74 bits per heavy atom. The van der Waals surface area contributed by atoms with Crippen LogP contribution in [-0.4, -0.2) is 33.4 Å². The van der Waals surface area contributed by atoms with Gasteiger partial charge in [0.2, 0.25) is 0 Å². The van der Waals surface area contributed by atoms with Gasteiger partial charge in [0.05, 0.1) is 0 Å². The predicted octanol–water partition coefficient (Wildman–Crippen LogP) is 3.60. The number of fused-ring (bicyclic) bond motifs is 1. The Morgan fingerprint density at radius 1 is 1.13 bits per heavy atom. The lowest BCUT2D eigenvalue weighted by atomic mass is 9.69. The Bertz CT molecular complexity index is 653. The van der Waals surface area contributed by atoms with Crippen molar-refractivity contribution in [1.82, 2.24) is 14.9 Å². The number of rotatable bonds is 2. The number of nitrogens with one attached hydrogen (secondary N) is 1. The van der Waals surface area contributed by atoms with Crippen molar-refractivity contribution in [2.75, 3.05) is 6.54 Å². The molecule has 0 unspecified atom stereocenters. The summed E-state index contributed by atoms with van der Waals surface area (Å²) in [6.45, 7) is 0.834. The summed E-state index contributed by atoms with van der Waals surface area (Å²) in [6, 6.07) is 11.2. The van der Waals surface area contributed by atoms with Crippen molar-refractivity contribution < 1.29 is 4.79 Å². The van der Waals surface area contributed by atoms with Gasteiger partial charge in [-0.25, -0.2) is 4.98 Å². The summed E-state index contributed by atoms with van der Waals surface area (Å²) in [7, 11) is 0. The van der Waals surface area contributed by atoms with E-state index in [0.717, 1.165) is 19.4 Å². The number of piperidine rings is 1. The summed E-state index contributed by atoms with van der Waals surface area (Å²) < 4.78 is 0. The highest BCUT2D eigenvalue weighted by molar-refractivity contribution is 5.90. The zero-order valence-electron chi connectivity index (χ0n) is 13.3. The van der Waals surface area contributed by atoms with E-state index in [1.165, 1.54) is 24.8 Å². The predicted molar refractivity (Wildman–Crippen MR) is 89.2 cm³/mol. The Kier molecular flexibility index (Phi) is 3.90. The maximum atomic E-state index is 12.8. The standard InChI is InChI=1S/C19H23N3O/c23-19(18-20-11-12-21-18)22-13-10-15(14-6-2-1-3-7-14)16-8-4-5-9-17(16)22/h1-3,6-7,11-12,15-17H,4-5,8-10,13H2,(H,20,21)/t15-,16-,17-/m1/s1. The smallest absolute Gasteiger partial charge is 0.289 e. The molecule has 4 heteroatoms. The fourth-order valence-corrected chi connectivity index (χ4v) is 4.54. The Morgan fingerprint density at radius 2 is 1.96 bits per heavy atom. The molecule has 1 aromatic carbocycles. The van der Waals surface area contributed by atoms with E-state index in [-0.39, 0.29) is 5.91 Å². The molecular formula is C19H23N3O. The van der Waals surface area contributed by atoms with Crippen LogP contribution >= 0.6 is 0 Å². The SMILES string of the molecule is O=C(c1ncc[nH]1)N1CC[C@H](c2ccccc2)[C@H]2CCCC[C@H]21. The molecule has 1 aliphatic carbocycles. The quantitative estimate of drug-likeness (QED) is 0.921. The van der Waals surface area contributed by atoms with Crippen molar-refractivity contribution in [3.8, 4) is 0 Å². The van der Waals surface area contributed by atoms with Gasteiger partial charge in [0.25, 0.3) is 5.91 Å². The van der Waals surface area contributed by atoms with E-state index < -0.39 is 0 Å². The van der Waals surface area contributed by atoms with Gasteiger partial charge in [0, 0.05) is 25.0 Å². The number of benzene rings is 1. The average Bonchev–Trinajstić information content (AvgIpc) is 3.15. The number of carbonyl (C=O) groups is 1. The van der Waals surface area contributed by atoms with Crippen LogP contribution in [0.2, 0.25) is 0 Å². The van der Waals surface area contributed by atoms with Crippen molar-refractivity contribution in [3.05, 3.63) is 54.1 Å². The maximum Gasteiger partial charge on any atom is 0.289 e. The van der Waals surface area contributed by atoms with E-state index in [4.69, 9.17) is 0 Å². The molecule has 0 spiro atoms. The molecule has 23 heavy (non-hydrogen) atoms. The Balaban J connectivity index is 1.60. The van der Waals surface area contributed by atoms with Gasteiger partial charge in [-0.15, -0.1) is 0 Å². The molecule has 2 aromatic rings. The number of nitrogens with zero attached hydrogens (tertiary/aromatic N) is 2. The summed E-state index contributed by atoms with van der Waals surface area (Å²) in [5.74, 6) is 1.71. The van der Waals surface area contributed by atoms with Gasteiger partial charge >= 0.3 is 0 Å². The van der Waals surface area contributed by atoms with Crippen LogP contribution in [0.15, 0.2) is 42.7 Å². The summed E-state index contributed by atoms with van der Waals surface area (Å²) in [6.07, 6.45) is 9.30. The Labute approximate surface area is 136 Å².